The zero-order chi connectivity index (χ0) is 16.1. The molecule has 0 saturated carbocycles. The van der Waals surface area contributed by atoms with Gasteiger partial charge in [0, 0.05) is 22.9 Å². The van der Waals surface area contributed by atoms with Gasteiger partial charge in [-0.15, -0.1) is 11.8 Å². The number of thioether (sulfide) groups is 1. The molecule has 0 unspecified atom stereocenters. The maximum Gasteiger partial charge on any atom is 0.137 e. The molecule has 3 rings (SSSR count). The third-order valence-corrected chi connectivity index (χ3v) is 4.97. The summed E-state index contributed by atoms with van der Waals surface area (Å²) in [4.78, 5) is 1.34. The van der Waals surface area contributed by atoms with Crippen molar-refractivity contribution >= 4 is 11.8 Å². The predicted octanol–water partition coefficient (Wildman–Crippen LogP) is 6.07. The summed E-state index contributed by atoms with van der Waals surface area (Å²) >= 11 is 1.91. The molecule has 0 fully saturated rings. The van der Waals surface area contributed by atoms with E-state index in [0.717, 1.165) is 23.4 Å². The quantitative estimate of drug-likeness (QED) is 0.515. The van der Waals surface area contributed by atoms with Crippen LogP contribution in [0.3, 0.4) is 0 Å². The zero-order valence-corrected chi connectivity index (χ0v) is 14.4. The Morgan fingerprint density at radius 2 is 1.48 bits per heavy atom. The lowest BCUT2D eigenvalue weighted by atomic mass is 10.0. The number of hydrogen-bond acceptors (Lipinski definition) is 3. The van der Waals surface area contributed by atoms with E-state index in [1.54, 1.807) is 0 Å². The Morgan fingerprint density at radius 3 is 2.04 bits per heavy atom. The van der Waals surface area contributed by atoms with Crippen molar-refractivity contribution in [2.24, 2.45) is 0 Å². The summed E-state index contributed by atoms with van der Waals surface area (Å²) in [5.41, 5.74) is 4.46. The lowest BCUT2D eigenvalue weighted by Crippen LogP contribution is -1.81. The van der Waals surface area contributed by atoms with Crippen molar-refractivity contribution in [1.29, 1.82) is 0 Å². The van der Waals surface area contributed by atoms with Gasteiger partial charge in [0.15, 0.2) is 0 Å². The Labute approximate surface area is 141 Å². The summed E-state index contributed by atoms with van der Waals surface area (Å²) in [6, 6.07) is 19.3. The Hall–Kier alpha value is -2.00. The SMILES string of the molecule is CCCSc1ccc(-c2ccc(-c3cc(CC)on3)cc2)cc1. The summed E-state index contributed by atoms with van der Waals surface area (Å²) in [7, 11) is 0. The standard InChI is InChI=1S/C20H21NOS/c1-3-13-23-19-11-9-16(10-12-19)15-5-7-17(8-6-15)20-14-18(4-2)22-21-20/h5-12,14H,3-4,13H2,1-2H3. The minimum absolute atomic E-state index is 0.869. The average Bonchev–Trinajstić information content (AvgIpc) is 3.10. The maximum absolute atomic E-state index is 5.28. The molecule has 3 heteroatoms. The molecular weight excluding hydrogens is 302 g/mol. The van der Waals surface area contributed by atoms with Gasteiger partial charge in [0.2, 0.25) is 0 Å². The third-order valence-electron chi connectivity index (χ3n) is 3.75. The van der Waals surface area contributed by atoms with Crippen molar-refractivity contribution in [2.75, 3.05) is 5.75 Å². The molecule has 0 amide bonds. The fourth-order valence-corrected chi connectivity index (χ4v) is 3.18. The van der Waals surface area contributed by atoms with Crippen LogP contribution in [-0.2, 0) is 6.42 Å². The minimum atomic E-state index is 0.869. The summed E-state index contributed by atoms with van der Waals surface area (Å²) in [6.45, 7) is 4.27. The van der Waals surface area contributed by atoms with Gasteiger partial charge in [-0.1, -0.05) is 55.4 Å². The van der Waals surface area contributed by atoms with Crippen molar-refractivity contribution in [3.8, 4) is 22.4 Å². The van der Waals surface area contributed by atoms with E-state index in [0.29, 0.717) is 0 Å². The summed E-state index contributed by atoms with van der Waals surface area (Å²) < 4.78 is 5.28. The molecule has 0 aliphatic rings. The zero-order valence-electron chi connectivity index (χ0n) is 13.6. The molecule has 0 aliphatic carbocycles. The summed E-state index contributed by atoms with van der Waals surface area (Å²) in [5.74, 6) is 2.09. The van der Waals surface area contributed by atoms with E-state index >= 15 is 0 Å². The molecule has 0 bridgehead atoms. The van der Waals surface area contributed by atoms with Crippen LogP contribution in [0.15, 0.2) is 64.0 Å². The van der Waals surface area contributed by atoms with Gasteiger partial charge in [0.1, 0.15) is 11.5 Å². The molecule has 118 valence electrons. The predicted molar refractivity (Wildman–Crippen MR) is 97.8 cm³/mol. The minimum Gasteiger partial charge on any atom is -0.361 e. The number of rotatable bonds is 6. The van der Waals surface area contributed by atoms with Gasteiger partial charge >= 0.3 is 0 Å². The number of nitrogens with zero attached hydrogens (tertiary/aromatic N) is 1. The fourth-order valence-electron chi connectivity index (χ4n) is 2.41. The smallest absolute Gasteiger partial charge is 0.137 e. The second kappa shape index (κ2) is 7.51. The van der Waals surface area contributed by atoms with Crippen molar-refractivity contribution in [1.82, 2.24) is 5.16 Å². The second-order valence-corrected chi connectivity index (χ2v) is 6.65. The number of aryl methyl sites for hydroxylation is 1. The highest BCUT2D eigenvalue weighted by molar-refractivity contribution is 7.99. The van der Waals surface area contributed by atoms with Crippen LogP contribution in [0, 0.1) is 0 Å². The molecule has 0 aliphatic heterocycles. The van der Waals surface area contributed by atoms with E-state index < -0.39 is 0 Å². The summed E-state index contributed by atoms with van der Waals surface area (Å²) in [6.07, 6.45) is 2.07. The van der Waals surface area contributed by atoms with Crippen LogP contribution < -0.4 is 0 Å². The van der Waals surface area contributed by atoms with Crippen LogP contribution in [0.25, 0.3) is 22.4 Å². The Morgan fingerprint density at radius 1 is 0.870 bits per heavy atom. The van der Waals surface area contributed by atoms with E-state index in [1.165, 1.54) is 28.2 Å². The number of hydrogen-bond donors (Lipinski definition) is 0. The van der Waals surface area contributed by atoms with Gasteiger partial charge in [-0.05, 0) is 35.4 Å². The van der Waals surface area contributed by atoms with E-state index in [-0.39, 0.29) is 0 Å². The topological polar surface area (TPSA) is 26.0 Å². The lowest BCUT2D eigenvalue weighted by molar-refractivity contribution is 0.389. The highest BCUT2D eigenvalue weighted by Crippen LogP contribution is 2.27. The van der Waals surface area contributed by atoms with Gasteiger partial charge in [-0.2, -0.15) is 0 Å². The first-order valence-corrected chi connectivity index (χ1v) is 9.08. The van der Waals surface area contributed by atoms with Crippen molar-refractivity contribution in [2.45, 2.75) is 31.6 Å². The monoisotopic (exact) mass is 323 g/mol. The molecule has 0 atom stereocenters. The van der Waals surface area contributed by atoms with Gasteiger partial charge in [0.05, 0.1) is 0 Å². The summed E-state index contributed by atoms with van der Waals surface area (Å²) in [5, 5.41) is 4.12. The van der Waals surface area contributed by atoms with Crippen molar-refractivity contribution in [3.05, 3.63) is 60.4 Å². The van der Waals surface area contributed by atoms with E-state index in [4.69, 9.17) is 4.52 Å². The van der Waals surface area contributed by atoms with E-state index in [2.05, 4.69) is 67.5 Å². The second-order valence-electron chi connectivity index (χ2n) is 5.48. The fraction of sp³-hybridized carbons (Fsp3) is 0.250. The Balaban J connectivity index is 1.76. The number of benzene rings is 2. The van der Waals surface area contributed by atoms with Crippen LogP contribution in [0.2, 0.25) is 0 Å². The molecular formula is C20H21NOS. The van der Waals surface area contributed by atoms with Crippen LogP contribution in [0.1, 0.15) is 26.0 Å². The van der Waals surface area contributed by atoms with Gasteiger partial charge < -0.3 is 4.52 Å². The molecule has 0 N–H and O–H groups in total. The van der Waals surface area contributed by atoms with E-state index in [1.807, 2.05) is 17.8 Å². The van der Waals surface area contributed by atoms with Crippen LogP contribution in [0.5, 0.6) is 0 Å². The maximum atomic E-state index is 5.28. The van der Waals surface area contributed by atoms with Gasteiger partial charge in [0.25, 0.3) is 0 Å². The molecule has 0 spiro atoms. The van der Waals surface area contributed by atoms with Crippen LogP contribution in [-0.4, -0.2) is 10.9 Å². The Bertz CT molecular complexity index is 744. The molecule has 0 saturated heterocycles. The van der Waals surface area contributed by atoms with Crippen LogP contribution >= 0.6 is 11.8 Å². The molecule has 3 aromatic rings. The van der Waals surface area contributed by atoms with Crippen LogP contribution in [0.4, 0.5) is 0 Å². The molecule has 1 aromatic heterocycles. The molecule has 0 radical (unpaired) electrons. The Kier molecular flexibility index (Phi) is 5.19. The van der Waals surface area contributed by atoms with Gasteiger partial charge in [-0.25, -0.2) is 0 Å². The highest BCUT2D eigenvalue weighted by atomic mass is 32.2. The first-order chi connectivity index (χ1) is 11.3. The third kappa shape index (κ3) is 3.85. The highest BCUT2D eigenvalue weighted by Gasteiger charge is 2.06. The first-order valence-electron chi connectivity index (χ1n) is 8.09. The van der Waals surface area contributed by atoms with Gasteiger partial charge in [-0.3, -0.25) is 0 Å². The lowest BCUT2D eigenvalue weighted by Gasteiger charge is -2.05. The number of aromatic nitrogens is 1. The van der Waals surface area contributed by atoms with E-state index in [9.17, 15) is 0 Å². The normalized spacial score (nSPS) is 10.9. The van der Waals surface area contributed by atoms with Crippen molar-refractivity contribution < 1.29 is 4.52 Å². The molecule has 2 aromatic carbocycles. The van der Waals surface area contributed by atoms with Crippen molar-refractivity contribution in [3.63, 3.8) is 0 Å². The average molecular weight is 323 g/mol. The molecule has 2 nitrogen and oxygen atoms in total. The molecule has 23 heavy (non-hydrogen) atoms. The largest absolute Gasteiger partial charge is 0.361 e. The molecule has 1 heterocycles. The first kappa shape index (κ1) is 15.9.